The molecule has 0 N–H and O–H groups in total. The van der Waals surface area contributed by atoms with Gasteiger partial charge in [0.1, 0.15) is 0 Å². The summed E-state index contributed by atoms with van der Waals surface area (Å²) in [5.41, 5.74) is 0. The van der Waals surface area contributed by atoms with E-state index in [0.29, 0.717) is 15.0 Å². The van der Waals surface area contributed by atoms with Gasteiger partial charge in [0.15, 0.2) is 0 Å². The van der Waals surface area contributed by atoms with Gasteiger partial charge in [0.25, 0.3) is 0 Å². The van der Waals surface area contributed by atoms with Gasteiger partial charge in [-0.15, -0.1) is 0 Å². The molecule has 0 aliphatic rings. The van der Waals surface area contributed by atoms with Crippen LogP contribution < -0.4 is 4.46 Å². The summed E-state index contributed by atoms with van der Waals surface area (Å²) >= 11 is 0.595. The number of rotatable bonds is 4. The minimum atomic E-state index is 0.595. The molecule has 2 heteroatoms. The van der Waals surface area contributed by atoms with Crippen molar-refractivity contribution in [3.8, 4) is 0 Å². The molecule has 1 nitrogen and oxygen atoms in total. The van der Waals surface area contributed by atoms with Gasteiger partial charge in [-0.25, -0.2) is 0 Å². The third-order valence-electron chi connectivity index (χ3n) is 1.30. The van der Waals surface area contributed by atoms with Gasteiger partial charge in [0.2, 0.25) is 0 Å². The topological polar surface area (TPSA) is 9.23 Å². The van der Waals surface area contributed by atoms with Crippen molar-refractivity contribution in [3.63, 3.8) is 0 Å². The zero-order valence-electron chi connectivity index (χ0n) is 6.62. The fourth-order valence-corrected chi connectivity index (χ4v) is 2.51. The number of methoxy groups -OCH3 is 1. The Hall–Kier alpha value is -0.301. The zero-order chi connectivity index (χ0) is 7.94. The average Bonchev–Trinajstić information content (AvgIpc) is 2.07. The van der Waals surface area contributed by atoms with Crippen LogP contribution in [-0.4, -0.2) is 28.7 Å². The van der Waals surface area contributed by atoms with Crippen LogP contribution in [0.4, 0.5) is 0 Å². The van der Waals surface area contributed by atoms with E-state index in [9.17, 15) is 0 Å². The second kappa shape index (κ2) is 5.36. The van der Waals surface area contributed by atoms with E-state index in [4.69, 9.17) is 4.74 Å². The molecule has 0 spiro atoms. The van der Waals surface area contributed by atoms with Crippen molar-refractivity contribution in [2.24, 2.45) is 0 Å². The first-order chi connectivity index (χ1) is 5.43. The molecule has 11 heavy (non-hydrogen) atoms. The van der Waals surface area contributed by atoms with Gasteiger partial charge in [0, 0.05) is 0 Å². The van der Waals surface area contributed by atoms with E-state index in [1.165, 1.54) is 9.78 Å². The summed E-state index contributed by atoms with van der Waals surface area (Å²) in [4.78, 5) is 0. The van der Waals surface area contributed by atoms with Gasteiger partial charge in [-0.05, 0) is 0 Å². The number of hydrogen-bond donors (Lipinski definition) is 0. The Morgan fingerprint density at radius 2 is 2.00 bits per heavy atom. The van der Waals surface area contributed by atoms with Crippen molar-refractivity contribution >= 4 is 19.4 Å². The van der Waals surface area contributed by atoms with Crippen molar-refractivity contribution in [1.29, 1.82) is 0 Å². The maximum absolute atomic E-state index is 4.98. The first-order valence-electron chi connectivity index (χ1n) is 3.60. The summed E-state index contributed by atoms with van der Waals surface area (Å²) in [5, 5.41) is 1.17. The van der Waals surface area contributed by atoms with Gasteiger partial charge >= 0.3 is 73.5 Å². The van der Waals surface area contributed by atoms with Crippen molar-refractivity contribution in [3.05, 3.63) is 30.3 Å². The van der Waals surface area contributed by atoms with E-state index in [1.54, 1.807) is 7.11 Å². The Morgan fingerprint density at radius 3 is 2.64 bits per heavy atom. The van der Waals surface area contributed by atoms with Crippen molar-refractivity contribution in [2.75, 3.05) is 13.7 Å². The predicted octanol–water partition coefficient (Wildman–Crippen LogP) is 1.08. The molecule has 0 saturated carbocycles. The number of hydrogen-bond acceptors (Lipinski definition) is 1. The molecule has 0 aromatic heterocycles. The van der Waals surface area contributed by atoms with Crippen LogP contribution in [0.3, 0.4) is 0 Å². The van der Waals surface area contributed by atoms with Crippen LogP contribution in [0.15, 0.2) is 30.3 Å². The maximum atomic E-state index is 4.98. The number of ether oxygens (including phenoxy) is 1. The molecule has 0 fully saturated rings. The molecule has 60 valence electrons. The Bertz CT molecular complexity index is 186. The monoisotopic (exact) mass is 216 g/mol. The van der Waals surface area contributed by atoms with Crippen LogP contribution >= 0.6 is 0 Å². The fraction of sp³-hybridized carbons (Fsp3) is 0.333. The van der Waals surface area contributed by atoms with Crippen LogP contribution in [-0.2, 0) is 4.74 Å². The van der Waals surface area contributed by atoms with Gasteiger partial charge in [-0.3, -0.25) is 0 Å². The van der Waals surface area contributed by atoms with E-state index >= 15 is 0 Å². The Kier molecular flexibility index (Phi) is 4.29. The third-order valence-corrected chi connectivity index (χ3v) is 3.35. The summed E-state index contributed by atoms with van der Waals surface area (Å²) in [6.45, 7) is 0.884. The summed E-state index contributed by atoms with van der Waals surface area (Å²) in [6, 6.07) is 10.6. The zero-order valence-corrected chi connectivity index (χ0v) is 8.33. The molecular formula is C9H12OSe. The molecule has 0 heterocycles. The predicted molar refractivity (Wildman–Crippen MR) is 48.5 cm³/mol. The minimum absolute atomic E-state index is 0.595. The van der Waals surface area contributed by atoms with Gasteiger partial charge in [-0.1, -0.05) is 0 Å². The van der Waals surface area contributed by atoms with E-state index < -0.39 is 0 Å². The molecule has 0 amide bonds. The van der Waals surface area contributed by atoms with Crippen LogP contribution in [0.5, 0.6) is 0 Å². The molecule has 1 rings (SSSR count). The first-order valence-corrected chi connectivity index (χ1v) is 5.67. The molecule has 0 saturated heterocycles. The Labute approximate surface area is 73.9 Å². The Morgan fingerprint density at radius 1 is 1.27 bits per heavy atom. The van der Waals surface area contributed by atoms with Gasteiger partial charge < -0.3 is 0 Å². The molecular weight excluding hydrogens is 203 g/mol. The van der Waals surface area contributed by atoms with Gasteiger partial charge in [-0.2, -0.15) is 0 Å². The quantitative estimate of drug-likeness (QED) is 0.539. The molecule has 0 atom stereocenters. The molecule has 0 bridgehead atoms. The average molecular weight is 215 g/mol. The summed E-state index contributed by atoms with van der Waals surface area (Å²) < 4.78 is 6.43. The molecule has 0 aliphatic heterocycles. The SMILES string of the molecule is COCC[Se]c1ccccc1. The summed E-state index contributed by atoms with van der Waals surface area (Å²) in [5.74, 6) is 0. The normalized spacial score (nSPS) is 9.91. The number of benzene rings is 1. The Balaban J connectivity index is 2.28. The fourth-order valence-electron chi connectivity index (χ4n) is 0.760. The van der Waals surface area contributed by atoms with Crippen LogP contribution in [0, 0.1) is 0 Å². The van der Waals surface area contributed by atoms with Crippen LogP contribution in [0.2, 0.25) is 5.32 Å². The first kappa shape index (κ1) is 8.79. The molecule has 0 unspecified atom stereocenters. The molecule has 0 aliphatic carbocycles. The molecule has 1 aromatic rings. The van der Waals surface area contributed by atoms with Crippen LogP contribution in [0.1, 0.15) is 0 Å². The third kappa shape index (κ3) is 3.57. The van der Waals surface area contributed by atoms with E-state index in [0.717, 1.165) is 6.61 Å². The van der Waals surface area contributed by atoms with Crippen molar-refractivity contribution in [1.82, 2.24) is 0 Å². The van der Waals surface area contributed by atoms with E-state index in [1.807, 2.05) is 0 Å². The van der Waals surface area contributed by atoms with Crippen LogP contribution in [0.25, 0.3) is 0 Å². The van der Waals surface area contributed by atoms with E-state index in [2.05, 4.69) is 30.3 Å². The summed E-state index contributed by atoms with van der Waals surface area (Å²) in [6.07, 6.45) is 0. The van der Waals surface area contributed by atoms with Crippen molar-refractivity contribution in [2.45, 2.75) is 5.32 Å². The second-order valence-corrected chi connectivity index (χ2v) is 4.61. The molecule has 0 radical (unpaired) electrons. The van der Waals surface area contributed by atoms with Crippen molar-refractivity contribution < 1.29 is 4.74 Å². The summed E-state index contributed by atoms with van der Waals surface area (Å²) in [7, 11) is 1.75. The van der Waals surface area contributed by atoms with Gasteiger partial charge in [0.05, 0.1) is 0 Å². The standard InChI is InChI=1S/C9H12OSe/c1-10-7-8-11-9-5-3-2-4-6-9/h2-6H,7-8H2,1H3. The second-order valence-electron chi connectivity index (χ2n) is 2.15. The van der Waals surface area contributed by atoms with E-state index in [-0.39, 0.29) is 0 Å². The molecule has 1 aromatic carbocycles.